The molecule has 0 aliphatic heterocycles. The predicted molar refractivity (Wildman–Crippen MR) is 97.2 cm³/mol. The molecule has 0 saturated carbocycles. The molecule has 0 fully saturated rings. The van der Waals surface area contributed by atoms with Gasteiger partial charge in [0.2, 0.25) is 0 Å². The van der Waals surface area contributed by atoms with Gasteiger partial charge in [-0.15, -0.1) is 0 Å². The monoisotopic (exact) mass is 339 g/mol. The Balaban J connectivity index is 1.89. The Morgan fingerprint density at radius 3 is 2.62 bits per heavy atom. The van der Waals surface area contributed by atoms with Gasteiger partial charge in [-0.1, -0.05) is 23.7 Å². The molecule has 3 rings (SSSR count). The second-order valence-corrected chi connectivity index (χ2v) is 6.24. The van der Waals surface area contributed by atoms with E-state index in [0.29, 0.717) is 10.6 Å². The zero-order chi connectivity index (χ0) is 17.3. The fourth-order valence-corrected chi connectivity index (χ4v) is 2.84. The largest absolute Gasteiger partial charge is 0.322 e. The first-order valence-electron chi connectivity index (χ1n) is 7.65. The van der Waals surface area contributed by atoms with Crippen LogP contribution < -0.4 is 5.32 Å². The summed E-state index contributed by atoms with van der Waals surface area (Å²) in [6.07, 6.45) is 1.60. The number of halogens is 1. The molecule has 5 heteroatoms. The molecule has 1 N–H and O–H groups in total. The van der Waals surface area contributed by atoms with E-state index in [1.807, 2.05) is 51.1 Å². The van der Waals surface area contributed by atoms with E-state index in [9.17, 15) is 4.79 Å². The maximum atomic E-state index is 12.6. The van der Waals surface area contributed by atoms with Crippen molar-refractivity contribution in [2.45, 2.75) is 20.8 Å². The summed E-state index contributed by atoms with van der Waals surface area (Å²) in [5.74, 6) is -0.183. The third-order valence-electron chi connectivity index (χ3n) is 3.94. The molecule has 0 unspecified atom stereocenters. The van der Waals surface area contributed by atoms with E-state index in [1.54, 1.807) is 23.0 Å². The normalized spacial score (nSPS) is 10.7. The number of aryl methyl sites for hydroxylation is 2. The van der Waals surface area contributed by atoms with Crippen molar-refractivity contribution in [2.24, 2.45) is 0 Å². The van der Waals surface area contributed by atoms with Gasteiger partial charge in [0.1, 0.15) is 0 Å². The van der Waals surface area contributed by atoms with Crippen molar-refractivity contribution >= 4 is 23.2 Å². The van der Waals surface area contributed by atoms with Crippen LogP contribution in [0.2, 0.25) is 5.02 Å². The second kappa shape index (κ2) is 6.49. The molecule has 122 valence electrons. The van der Waals surface area contributed by atoms with Gasteiger partial charge in [-0.2, -0.15) is 5.10 Å². The number of anilines is 1. The number of nitrogens with zero attached hydrogens (tertiary/aromatic N) is 2. The first-order chi connectivity index (χ1) is 11.5. The third kappa shape index (κ3) is 3.19. The highest BCUT2D eigenvalue weighted by atomic mass is 35.5. The number of rotatable bonds is 3. The Hall–Kier alpha value is -2.59. The highest BCUT2D eigenvalue weighted by molar-refractivity contribution is 6.30. The van der Waals surface area contributed by atoms with Crippen molar-refractivity contribution in [1.29, 1.82) is 0 Å². The van der Waals surface area contributed by atoms with Crippen LogP contribution in [0, 0.1) is 20.8 Å². The van der Waals surface area contributed by atoms with Crippen LogP contribution >= 0.6 is 11.6 Å². The Kier molecular flexibility index (Phi) is 4.40. The lowest BCUT2D eigenvalue weighted by Gasteiger charge is -2.09. The van der Waals surface area contributed by atoms with Crippen LogP contribution in [0.1, 0.15) is 27.2 Å². The van der Waals surface area contributed by atoms with Crippen LogP contribution in [0.15, 0.2) is 48.7 Å². The Morgan fingerprint density at radius 1 is 1.12 bits per heavy atom. The minimum atomic E-state index is -0.183. The molecule has 0 atom stereocenters. The molecule has 24 heavy (non-hydrogen) atoms. The molecule has 0 radical (unpaired) electrons. The van der Waals surface area contributed by atoms with E-state index in [1.165, 1.54) is 0 Å². The maximum Gasteiger partial charge on any atom is 0.259 e. The van der Waals surface area contributed by atoms with E-state index in [4.69, 9.17) is 11.6 Å². The number of aromatic nitrogens is 2. The van der Waals surface area contributed by atoms with Crippen molar-refractivity contribution in [3.8, 4) is 5.69 Å². The highest BCUT2D eigenvalue weighted by Gasteiger charge is 2.16. The first kappa shape index (κ1) is 16.3. The molecule has 3 aromatic rings. The van der Waals surface area contributed by atoms with Crippen molar-refractivity contribution in [2.75, 3.05) is 5.32 Å². The number of hydrogen-bond donors (Lipinski definition) is 1. The van der Waals surface area contributed by atoms with Gasteiger partial charge < -0.3 is 5.32 Å². The lowest BCUT2D eigenvalue weighted by molar-refractivity contribution is 0.102. The Bertz CT molecular complexity index is 915. The van der Waals surface area contributed by atoms with Crippen LogP contribution in [0.4, 0.5) is 5.69 Å². The minimum Gasteiger partial charge on any atom is -0.322 e. The zero-order valence-corrected chi connectivity index (χ0v) is 14.6. The SMILES string of the molecule is Cc1cccc(-n2ncc(C(=O)Nc3ccc(Cl)cc3C)c2C)c1. The third-order valence-corrected chi connectivity index (χ3v) is 4.17. The Labute approximate surface area is 146 Å². The number of nitrogens with one attached hydrogen (secondary N) is 1. The fourth-order valence-electron chi connectivity index (χ4n) is 2.61. The van der Waals surface area contributed by atoms with Crippen LogP contribution in [0.25, 0.3) is 5.69 Å². The molecular formula is C19H18ClN3O. The number of carbonyl (C=O) groups is 1. The predicted octanol–water partition coefficient (Wildman–Crippen LogP) is 4.70. The highest BCUT2D eigenvalue weighted by Crippen LogP contribution is 2.21. The van der Waals surface area contributed by atoms with Crippen molar-refractivity contribution in [3.05, 3.63) is 76.1 Å². The summed E-state index contributed by atoms with van der Waals surface area (Å²) < 4.78 is 1.77. The number of carbonyl (C=O) groups excluding carboxylic acids is 1. The molecule has 0 spiro atoms. The van der Waals surface area contributed by atoms with E-state index < -0.39 is 0 Å². The summed E-state index contributed by atoms with van der Waals surface area (Å²) in [4.78, 5) is 12.6. The first-order valence-corrected chi connectivity index (χ1v) is 8.02. The molecule has 2 aromatic carbocycles. The smallest absolute Gasteiger partial charge is 0.259 e. The molecule has 0 bridgehead atoms. The van der Waals surface area contributed by atoms with E-state index in [0.717, 1.165) is 28.2 Å². The van der Waals surface area contributed by atoms with Crippen LogP contribution in [0.5, 0.6) is 0 Å². The Morgan fingerprint density at radius 2 is 1.92 bits per heavy atom. The lowest BCUT2D eigenvalue weighted by Crippen LogP contribution is -2.14. The lowest BCUT2D eigenvalue weighted by atomic mass is 10.1. The van der Waals surface area contributed by atoms with E-state index in [2.05, 4.69) is 10.4 Å². The summed E-state index contributed by atoms with van der Waals surface area (Å²) in [7, 11) is 0. The maximum absolute atomic E-state index is 12.6. The average molecular weight is 340 g/mol. The molecule has 1 amide bonds. The zero-order valence-electron chi connectivity index (χ0n) is 13.8. The number of benzene rings is 2. The van der Waals surface area contributed by atoms with Gasteiger partial charge >= 0.3 is 0 Å². The number of amides is 1. The molecule has 1 aromatic heterocycles. The van der Waals surface area contributed by atoms with E-state index >= 15 is 0 Å². The van der Waals surface area contributed by atoms with Crippen LogP contribution in [-0.4, -0.2) is 15.7 Å². The molecule has 4 nitrogen and oxygen atoms in total. The van der Waals surface area contributed by atoms with E-state index in [-0.39, 0.29) is 5.91 Å². The standard InChI is InChI=1S/C19H18ClN3O/c1-12-5-4-6-16(9-12)23-14(3)17(11-21-23)19(24)22-18-8-7-15(20)10-13(18)2/h4-11H,1-3H3,(H,22,24). The topological polar surface area (TPSA) is 46.9 Å². The quantitative estimate of drug-likeness (QED) is 0.751. The minimum absolute atomic E-state index is 0.183. The van der Waals surface area contributed by atoms with Gasteiger partial charge in [-0.3, -0.25) is 4.79 Å². The summed E-state index contributed by atoms with van der Waals surface area (Å²) in [6, 6.07) is 13.4. The second-order valence-electron chi connectivity index (χ2n) is 5.81. The summed E-state index contributed by atoms with van der Waals surface area (Å²) in [5, 5.41) is 7.93. The van der Waals surface area contributed by atoms with Gasteiger partial charge in [0.05, 0.1) is 23.1 Å². The molecule has 0 aliphatic rings. The van der Waals surface area contributed by atoms with Gasteiger partial charge in [-0.25, -0.2) is 4.68 Å². The molecule has 1 heterocycles. The van der Waals surface area contributed by atoms with Crippen molar-refractivity contribution < 1.29 is 4.79 Å². The van der Waals surface area contributed by atoms with Crippen molar-refractivity contribution in [3.63, 3.8) is 0 Å². The average Bonchev–Trinajstić information content (AvgIpc) is 2.92. The van der Waals surface area contributed by atoms with Crippen LogP contribution in [-0.2, 0) is 0 Å². The van der Waals surface area contributed by atoms with Gasteiger partial charge in [0, 0.05) is 10.7 Å². The van der Waals surface area contributed by atoms with Crippen LogP contribution in [0.3, 0.4) is 0 Å². The molecular weight excluding hydrogens is 322 g/mol. The fraction of sp³-hybridized carbons (Fsp3) is 0.158. The van der Waals surface area contributed by atoms with Gasteiger partial charge in [0.25, 0.3) is 5.91 Å². The van der Waals surface area contributed by atoms with Gasteiger partial charge in [-0.05, 0) is 62.2 Å². The summed E-state index contributed by atoms with van der Waals surface area (Å²) >= 11 is 5.95. The van der Waals surface area contributed by atoms with Crippen molar-refractivity contribution in [1.82, 2.24) is 9.78 Å². The number of hydrogen-bond acceptors (Lipinski definition) is 2. The summed E-state index contributed by atoms with van der Waals surface area (Å²) in [6.45, 7) is 5.82. The molecule has 0 saturated heterocycles. The molecule has 0 aliphatic carbocycles. The summed E-state index contributed by atoms with van der Waals surface area (Å²) in [5.41, 5.74) is 5.08. The van der Waals surface area contributed by atoms with Gasteiger partial charge in [0.15, 0.2) is 0 Å².